The first-order valence-electron chi connectivity index (χ1n) is 18.5. The number of nitrogens with two attached hydrogens (primary N) is 1. The monoisotopic (exact) mass is 659 g/mol. The molecule has 0 heterocycles. The lowest BCUT2D eigenvalue weighted by Crippen LogP contribution is -2.66. The molecule has 4 saturated carbocycles. The Morgan fingerprint density at radius 1 is 1.00 bits per heavy atom. The molecule has 0 aromatic carbocycles. The van der Waals surface area contributed by atoms with E-state index in [-0.39, 0.29) is 34.1 Å². The number of aliphatic hydroxyl groups excluding tert-OH is 1. The van der Waals surface area contributed by atoms with Crippen molar-refractivity contribution in [3.05, 3.63) is 22.8 Å². The van der Waals surface area contributed by atoms with E-state index in [4.69, 9.17) is 10.5 Å². The quantitative estimate of drug-likeness (QED) is 0.0633. The van der Waals surface area contributed by atoms with Gasteiger partial charge in [-0.25, -0.2) is 4.79 Å². The minimum Gasteiger partial charge on any atom is -0.478 e. The van der Waals surface area contributed by atoms with Gasteiger partial charge < -0.3 is 36.6 Å². The number of carboxylic acids is 1. The summed E-state index contributed by atoms with van der Waals surface area (Å²) in [7, 11) is 0. The van der Waals surface area contributed by atoms with Gasteiger partial charge in [0.15, 0.2) is 0 Å². The molecule has 4 unspecified atom stereocenters. The first-order chi connectivity index (χ1) is 22.2. The van der Waals surface area contributed by atoms with Gasteiger partial charge in [0.1, 0.15) is 6.10 Å². The number of nitrogens with one attached hydrogen (secondary N) is 3. The smallest absolute Gasteiger partial charge is 0.331 e. The number of fused-ring (bicyclic) bond motifs is 5. The second-order valence-corrected chi connectivity index (χ2v) is 16.3. The highest BCUT2D eigenvalue weighted by atomic mass is 16.5. The van der Waals surface area contributed by atoms with Crippen molar-refractivity contribution in [3.8, 4) is 0 Å². The Bertz CT molecular complexity index is 1170. The molecule has 9 nitrogen and oxygen atoms in total. The van der Waals surface area contributed by atoms with Gasteiger partial charge in [-0.05, 0) is 130 Å². The Labute approximate surface area is 284 Å². The number of carbonyl (C=O) groups is 2. The molecule has 0 aliphatic heterocycles. The van der Waals surface area contributed by atoms with Crippen molar-refractivity contribution >= 4 is 11.9 Å². The van der Waals surface area contributed by atoms with Crippen LogP contribution in [0.15, 0.2) is 22.8 Å². The minimum atomic E-state index is -0.935. The van der Waals surface area contributed by atoms with Gasteiger partial charge in [-0.1, -0.05) is 39.3 Å². The number of aliphatic hydroxyl groups is 1. The third-order valence-corrected chi connectivity index (χ3v) is 13.3. The van der Waals surface area contributed by atoms with E-state index in [1.807, 2.05) is 13.8 Å². The summed E-state index contributed by atoms with van der Waals surface area (Å²) in [5.74, 6) is -0.350. The molecule has 9 heteroatoms. The average molecular weight is 659 g/mol. The van der Waals surface area contributed by atoms with Crippen molar-refractivity contribution < 1.29 is 24.5 Å². The third-order valence-electron chi connectivity index (χ3n) is 13.3. The van der Waals surface area contributed by atoms with Crippen LogP contribution in [0.1, 0.15) is 106 Å². The fourth-order valence-corrected chi connectivity index (χ4v) is 11.1. The lowest BCUT2D eigenvalue weighted by atomic mass is 9.36. The van der Waals surface area contributed by atoms with Gasteiger partial charge in [0.05, 0.1) is 6.10 Å². The standard InChI is InChI=1S/C38H66N4O5/c1-24(2)10-8-11-27(35(45)46)33-29-22-31(44)34-36(5)14-13-30(42-21-20-41-18-9-17-40-19-16-39)25(3)28(36)12-15-37(34,6)38(29,7)23-32(33)47-26(4)43/h10,25,28-32,34,40-42,44H,8-9,11-23,39H2,1-7H3,(H,45,46)/t25-,28?,29?,30?,31+,32-,34?,36-,37-,38-/m0/s1. The van der Waals surface area contributed by atoms with Crippen molar-refractivity contribution in [2.75, 3.05) is 39.3 Å². The molecular formula is C38H66N4O5. The molecule has 0 saturated heterocycles. The van der Waals surface area contributed by atoms with E-state index in [0.717, 1.165) is 76.0 Å². The largest absolute Gasteiger partial charge is 0.478 e. The summed E-state index contributed by atoms with van der Waals surface area (Å²) in [4.78, 5) is 25.2. The highest BCUT2D eigenvalue weighted by Crippen LogP contribution is 2.74. The third kappa shape index (κ3) is 7.69. The second-order valence-electron chi connectivity index (χ2n) is 16.3. The number of aliphatic carboxylic acids is 1. The van der Waals surface area contributed by atoms with E-state index in [1.165, 1.54) is 6.92 Å². The normalized spacial score (nSPS) is 39.0. The summed E-state index contributed by atoms with van der Waals surface area (Å²) in [5.41, 5.74) is 7.29. The molecule has 47 heavy (non-hydrogen) atoms. The van der Waals surface area contributed by atoms with Gasteiger partial charge >= 0.3 is 11.9 Å². The second kappa shape index (κ2) is 15.8. The summed E-state index contributed by atoms with van der Waals surface area (Å²) in [6.45, 7) is 20.4. The van der Waals surface area contributed by atoms with Gasteiger partial charge in [0, 0.05) is 44.7 Å². The maximum Gasteiger partial charge on any atom is 0.331 e. The van der Waals surface area contributed by atoms with Crippen LogP contribution in [0, 0.1) is 39.9 Å². The van der Waals surface area contributed by atoms with Crippen LogP contribution in [0.2, 0.25) is 0 Å². The fourth-order valence-electron chi connectivity index (χ4n) is 11.1. The van der Waals surface area contributed by atoms with Gasteiger partial charge in [-0.15, -0.1) is 0 Å². The van der Waals surface area contributed by atoms with Crippen LogP contribution >= 0.6 is 0 Å². The number of allylic oxidation sites excluding steroid dienone is 2. The zero-order valence-corrected chi connectivity index (χ0v) is 30.4. The van der Waals surface area contributed by atoms with Gasteiger partial charge in [-0.2, -0.15) is 0 Å². The van der Waals surface area contributed by atoms with Crippen LogP contribution in [0.4, 0.5) is 0 Å². The molecule has 0 amide bonds. The molecule has 0 bridgehead atoms. The molecule has 4 fully saturated rings. The predicted molar refractivity (Wildman–Crippen MR) is 188 cm³/mol. The molecule has 0 radical (unpaired) electrons. The number of rotatable bonds is 15. The zero-order chi connectivity index (χ0) is 34.6. The molecule has 0 aromatic heterocycles. The fraction of sp³-hybridized carbons (Fsp3) is 0.842. The van der Waals surface area contributed by atoms with Crippen LogP contribution in [0.3, 0.4) is 0 Å². The lowest BCUT2D eigenvalue weighted by molar-refractivity contribution is -0.227. The molecule has 0 spiro atoms. The summed E-state index contributed by atoms with van der Waals surface area (Å²) >= 11 is 0. The highest BCUT2D eigenvalue weighted by molar-refractivity contribution is 5.88. The molecule has 4 aliphatic carbocycles. The summed E-state index contributed by atoms with van der Waals surface area (Å²) in [5, 5.41) is 33.5. The van der Waals surface area contributed by atoms with Crippen molar-refractivity contribution in [1.29, 1.82) is 0 Å². The number of hydrogen-bond donors (Lipinski definition) is 6. The Balaban J connectivity index is 1.53. The van der Waals surface area contributed by atoms with Gasteiger partial charge in [-0.3, -0.25) is 4.79 Å². The zero-order valence-electron chi connectivity index (χ0n) is 30.4. The predicted octanol–water partition coefficient (Wildman–Crippen LogP) is 4.79. The van der Waals surface area contributed by atoms with E-state index < -0.39 is 18.2 Å². The van der Waals surface area contributed by atoms with Crippen molar-refractivity contribution in [3.63, 3.8) is 0 Å². The lowest BCUT2D eigenvalue weighted by Gasteiger charge is -2.69. The van der Waals surface area contributed by atoms with E-state index in [1.54, 1.807) is 0 Å². The summed E-state index contributed by atoms with van der Waals surface area (Å²) in [6.07, 6.45) is 8.45. The SMILES string of the molecule is CC(=O)O[C@H]1C[C@@]2(C)C(C[C@@H](O)C3[C@@]4(C)CCC(NCCNCCCNCCN)[C@@H](C)C4CC[C@@]32C)C1=C(CCC=C(C)C)C(=O)O. The highest BCUT2D eigenvalue weighted by Gasteiger charge is 2.70. The minimum absolute atomic E-state index is 0.0186. The molecule has 4 aliphatic rings. The molecule has 0 aromatic rings. The Kier molecular flexibility index (Phi) is 12.8. The van der Waals surface area contributed by atoms with Crippen molar-refractivity contribution in [2.24, 2.45) is 45.7 Å². The number of esters is 1. The Morgan fingerprint density at radius 3 is 2.34 bits per heavy atom. The number of hydrogen-bond acceptors (Lipinski definition) is 8. The molecule has 4 rings (SSSR count). The Morgan fingerprint density at radius 2 is 1.70 bits per heavy atom. The number of ether oxygens (including phenoxy) is 1. The van der Waals surface area contributed by atoms with Crippen LogP contribution in [0.5, 0.6) is 0 Å². The first-order valence-corrected chi connectivity index (χ1v) is 18.5. The Hall–Kier alpha value is -1.78. The van der Waals surface area contributed by atoms with Gasteiger partial charge in [0.25, 0.3) is 0 Å². The molecule has 268 valence electrons. The first kappa shape index (κ1) is 38.0. The number of carboxylic acid groups (broad SMARTS) is 1. The maximum atomic E-state index is 12.8. The summed E-state index contributed by atoms with van der Waals surface area (Å²) in [6, 6.07) is 0.461. The maximum absolute atomic E-state index is 12.8. The molecule has 7 N–H and O–H groups in total. The van der Waals surface area contributed by atoms with Crippen molar-refractivity contribution in [1.82, 2.24) is 16.0 Å². The van der Waals surface area contributed by atoms with Crippen LogP contribution in [0.25, 0.3) is 0 Å². The average Bonchev–Trinajstić information content (AvgIpc) is 3.26. The van der Waals surface area contributed by atoms with E-state index in [0.29, 0.717) is 55.7 Å². The van der Waals surface area contributed by atoms with E-state index in [2.05, 4.69) is 49.7 Å². The number of carbonyl (C=O) groups excluding carboxylic acids is 1. The topological polar surface area (TPSA) is 146 Å². The van der Waals surface area contributed by atoms with Crippen LogP contribution in [-0.2, 0) is 14.3 Å². The molecule has 10 atom stereocenters. The van der Waals surface area contributed by atoms with E-state index in [9.17, 15) is 19.8 Å². The molecular weight excluding hydrogens is 592 g/mol. The summed E-state index contributed by atoms with van der Waals surface area (Å²) < 4.78 is 5.97. The van der Waals surface area contributed by atoms with Crippen LogP contribution < -0.4 is 21.7 Å². The van der Waals surface area contributed by atoms with Crippen LogP contribution in [-0.4, -0.2) is 79.7 Å². The van der Waals surface area contributed by atoms with Gasteiger partial charge in [0.2, 0.25) is 0 Å². The van der Waals surface area contributed by atoms with Crippen molar-refractivity contribution in [2.45, 2.75) is 125 Å². The van der Waals surface area contributed by atoms with E-state index >= 15 is 0 Å².